The molecule has 0 radical (unpaired) electrons. The minimum Gasteiger partial charge on any atom is -0.477 e. The Morgan fingerprint density at radius 1 is 1.18 bits per heavy atom. The summed E-state index contributed by atoms with van der Waals surface area (Å²) in [6.07, 6.45) is 1.39. The van der Waals surface area contributed by atoms with Crippen LogP contribution < -0.4 is 5.43 Å². The number of pyridine rings is 2. The molecule has 5 heteroatoms. The lowest BCUT2D eigenvalue weighted by molar-refractivity contribution is 0.0695. The molecule has 0 unspecified atom stereocenters. The van der Waals surface area contributed by atoms with E-state index in [1.54, 1.807) is 22.8 Å². The predicted molar refractivity (Wildman–Crippen MR) is 83.2 cm³/mol. The van der Waals surface area contributed by atoms with Gasteiger partial charge in [0.05, 0.1) is 17.8 Å². The first-order chi connectivity index (χ1) is 10.6. The molecule has 3 aromatic rings. The molecule has 0 bridgehead atoms. The van der Waals surface area contributed by atoms with Crippen LogP contribution in [0.4, 0.5) is 0 Å². The molecule has 1 N–H and O–H groups in total. The summed E-state index contributed by atoms with van der Waals surface area (Å²) in [7, 11) is 0. The number of aromatic nitrogens is 2. The van der Waals surface area contributed by atoms with Gasteiger partial charge in [0, 0.05) is 17.3 Å². The van der Waals surface area contributed by atoms with Crippen molar-refractivity contribution in [2.24, 2.45) is 0 Å². The van der Waals surface area contributed by atoms with E-state index in [1.807, 2.05) is 31.2 Å². The van der Waals surface area contributed by atoms with Gasteiger partial charge in [-0.25, -0.2) is 4.79 Å². The molecule has 0 saturated heterocycles. The van der Waals surface area contributed by atoms with E-state index >= 15 is 0 Å². The lowest BCUT2D eigenvalue weighted by Gasteiger charge is -2.12. The van der Waals surface area contributed by atoms with E-state index < -0.39 is 11.4 Å². The molecule has 2 aromatic heterocycles. The summed E-state index contributed by atoms with van der Waals surface area (Å²) in [5, 5.41) is 9.63. The van der Waals surface area contributed by atoms with Gasteiger partial charge >= 0.3 is 5.97 Å². The predicted octanol–water partition coefficient (Wildman–Crippen LogP) is 2.45. The number of hydrogen-bond donors (Lipinski definition) is 1. The Kier molecular flexibility index (Phi) is 3.47. The molecule has 0 fully saturated rings. The Bertz CT molecular complexity index is 929. The van der Waals surface area contributed by atoms with Crippen LogP contribution in [0.5, 0.6) is 0 Å². The standard InChI is InChI=1S/C17H14N2O3/c1-11-5-4-6-12(18-11)9-19-10-14(17(21)22)16(20)13-7-2-3-8-15(13)19/h2-8,10H,9H2,1H3,(H,21,22). The van der Waals surface area contributed by atoms with Crippen molar-refractivity contribution in [3.63, 3.8) is 0 Å². The molecule has 0 aliphatic rings. The average molecular weight is 294 g/mol. The number of benzene rings is 1. The monoisotopic (exact) mass is 294 g/mol. The molecule has 0 aliphatic carbocycles. The lowest BCUT2D eigenvalue weighted by Crippen LogP contribution is -2.19. The summed E-state index contributed by atoms with van der Waals surface area (Å²) in [5.41, 5.74) is 1.70. The lowest BCUT2D eigenvalue weighted by atomic mass is 10.1. The number of nitrogens with zero attached hydrogens (tertiary/aromatic N) is 2. The van der Waals surface area contributed by atoms with E-state index in [0.717, 1.165) is 11.4 Å². The fourth-order valence-electron chi connectivity index (χ4n) is 2.49. The van der Waals surface area contributed by atoms with Gasteiger partial charge in [0.2, 0.25) is 5.43 Å². The normalized spacial score (nSPS) is 10.8. The van der Waals surface area contributed by atoms with Crippen LogP contribution in [-0.2, 0) is 6.54 Å². The van der Waals surface area contributed by atoms with Crippen LogP contribution >= 0.6 is 0 Å². The Labute approximate surface area is 126 Å². The number of fused-ring (bicyclic) bond motifs is 1. The van der Waals surface area contributed by atoms with Gasteiger partial charge in [-0.2, -0.15) is 0 Å². The number of aryl methyl sites for hydroxylation is 1. The number of rotatable bonds is 3. The molecule has 0 aliphatic heterocycles. The van der Waals surface area contributed by atoms with Crippen molar-refractivity contribution in [1.82, 2.24) is 9.55 Å². The highest BCUT2D eigenvalue weighted by Crippen LogP contribution is 2.13. The molecule has 3 rings (SSSR count). The van der Waals surface area contributed by atoms with Gasteiger partial charge in [-0.3, -0.25) is 9.78 Å². The van der Waals surface area contributed by atoms with Crippen LogP contribution in [0.3, 0.4) is 0 Å². The summed E-state index contributed by atoms with van der Waals surface area (Å²) in [6.45, 7) is 2.30. The van der Waals surface area contributed by atoms with Crippen LogP contribution in [0.25, 0.3) is 10.9 Å². The molecule has 0 atom stereocenters. The van der Waals surface area contributed by atoms with Crippen LogP contribution in [0, 0.1) is 6.92 Å². The second-order valence-electron chi connectivity index (χ2n) is 5.09. The first kappa shape index (κ1) is 14.0. The smallest absolute Gasteiger partial charge is 0.341 e. The first-order valence-corrected chi connectivity index (χ1v) is 6.84. The van der Waals surface area contributed by atoms with Crippen LogP contribution in [0.2, 0.25) is 0 Å². The van der Waals surface area contributed by atoms with Gasteiger partial charge in [-0.1, -0.05) is 18.2 Å². The zero-order chi connectivity index (χ0) is 15.7. The topological polar surface area (TPSA) is 72.2 Å². The second kappa shape index (κ2) is 5.44. The van der Waals surface area contributed by atoms with Crippen LogP contribution in [0.15, 0.2) is 53.5 Å². The van der Waals surface area contributed by atoms with Crippen molar-refractivity contribution >= 4 is 16.9 Å². The zero-order valence-corrected chi connectivity index (χ0v) is 12.0. The largest absolute Gasteiger partial charge is 0.477 e. The molecular weight excluding hydrogens is 280 g/mol. The van der Waals surface area contributed by atoms with Crippen molar-refractivity contribution in [2.75, 3.05) is 0 Å². The highest BCUT2D eigenvalue weighted by atomic mass is 16.4. The van der Waals surface area contributed by atoms with E-state index in [1.165, 1.54) is 6.20 Å². The summed E-state index contributed by atoms with van der Waals surface area (Å²) < 4.78 is 1.75. The Morgan fingerprint density at radius 3 is 2.68 bits per heavy atom. The molecule has 0 amide bonds. The van der Waals surface area contributed by atoms with Crippen molar-refractivity contribution in [1.29, 1.82) is 0 Å². The number of aromatic carboxylic acids is 1. The van der Waals surface area contributed by atoms with E-state index in [0.29, 0.717) is 17.4 Å². The number of carboxylic acids is 1. The molecule has 5 nitrogen and oxygen atoms in total. The highest BCUT2D eigenvalue weighted by Gasteiger charge is 2.14. The molecule has 0 spiro atoms. The number of para-hydroxylation sites is 1. The van der Waals surface area contributed by atoms with Gasteiger partial charge in [0.15, 0.2) is 0 Å². The van der Waals surface area contributed by atoms with Gasteiger partial charge in [-0.05, 0) is 31.2 Å². The number of carboxylic acid groups (broad SMARTS) is 1. The third-order valence-corrected chi connectivity index (χ3v) is 3.50. The third kappa shape index (κ3) is 2.48. The molecule has 22 heavy (non-hydrogen) atoms. The summed E-state index contributed by atoms with van der Waals surface area (Å²) in [6, 6.07) is 12.7. The van der Waals surface area contributed by atoms with Crippen LogP contribution in [0.1, 0.15) is 21.7 Å². The maximum absolute atomic E-state index is 12.2. The molecule has 2 heterocycles. The third-order valence-electron chi connectivity index (χ3n) is 3.50. The second-order valence-corrected chi connectivity index (χ2v) is 5.09. The SMILES string of the molecule is Cc1cccc(Cn2cc(C(=O)O)c(=O)c3ccccc32)n1. The Morgan fingerprint density at radius 2 is 1.95 bits per heavy atom. The van der Waals surface area contributed by atoms with E-state index in [9.17, 15) is 14.7 Å². The fourth-order valence-corrected chi connectivity index (χ4v) is 2.49. The van der Waals surface area contributed by atoms with Gasteiger partial charge in [-0.15, -0.1) is 0 Å². The number of carbonyl (C=O) groups is 1. The maximum Gasteiger partial charge on any atom is 0.341 e. The molecular formula is C17H14N2O3. The minimum atomic E-state index is -1.22. The van der Waals surface area contributed by atoms with Crippen molar-refractivity contribution < 1.29 is 9.90 Å². The summed E-state index contributed by atoms with van der Waals surface area (Å²) in [4.78, 5) is 27.9. The molecule has 110 valence electrons. The van der Waals surface area contributed by atoms with Gasteiger partial charge < -0.3 is 9.67 Å². The van der Waals surface area contributed by atoms with E-state index in [4.69, 9.17) is 0 Å². The average Bonchev–Trinajstić information content (AvgIpc) is 2.50. The van der Waals surface area contributed by atoms with Gasteiger partial charge in [0.1, 0.15) is 5.56 Å². The maximum atomic E-state index is 12.2. The van der Waals surface area contributed by atoms with Crippen molar-refractivity contribution in [3.8, 4) is 0 Å². The quantitative estimate of drug-likeness (QED) is 0.805. The van der Waals surface area contributed by atoms with Gasteiger partial charge in [0.25, 0.3) is 0 Å². The molecule has 1 aromatic carbocycles. The zero-order valence-electron chi connectivity index (χ0n) is 12.0. The van der Waals surface area contributed by atoms with E-state index in [2.05, 4.69) is 4.98 Å². The van der Waals surface area contributed by atoms with Crippen LogP contribution in [-0.4, -0.2) is 20.6 Å². The van der Waals surface area contributed by atoms with Crippen molar-refractivity contribution in [3.05, 3.63) is 75.8 Å². The fraction of sp³-hybridized carbons (Fsp3) is 0.118. The summed E-state index contributed by atoms with van der Waals surface area (Å²) >= 11 is 0. The number of hydrogen-bond acceptors (Lipinski definition) is 3. The van der Waals surface area contributed by atoms with E-state index in [-0.39, 0.29) is 5.56 Å². The van der Waals surface area contributed by atoms with Crippen molar-refractivity contribution in [2.45, 2.75) is 13.5 Å². The molecule has 0 saturated carbocycles. The first-order valence-electron chi connectivity index (χ1n) is 6.84. The summed E-state index contributed by atoms with van der Waals surface area (Å²) in [5.74, 6) is -1.22. The Hall–Kier alpha value is -2.95. The Balaban J connectivity index is 2.22. The minimum absolute atomic E-state index is 0.230. The highest BCUT2D eigenvalue weighted by molar-refractivity contribution is 5.92.